The van der Waals surface area contributed by atoms with E-state index in [9.17, 15) is 13.2 Å². The molecule has 0 aliphatic carbocycles. The number of hydrogen-bond acceptors (Lipinski definition) is 2. The molecule has 0 radical (unpaired) electrons. The van der Waals surface area contributed by atoms with Gasteiger partial charge in [0.1, 0.15) is 5.75 Å². The fourth-order valence-corrected chi connectivity index (χ4v) is 2.56. The molecule has 0 aromatic heterocycles. The molecule has 2 nitrogen and oxygen atoms in total. The zero-order valence-corrected chi connectivity index (χ0v) is 13.4. The normalized spacial score (nSPS) is 13.0. The largest absolute Gasteiger partial charge is 0.496 e. The first-order valence-electron chi connectivity index (χ1n) is 7.36. The number of nitrogens with one attached hydrogen (secondary N) is 1. The van der Waals surface area contributed by atoms with Crippen molar-refractivity contribution in [3.05, 3.63) is 64.7 Å². The van der Waals surface area contributed by atoms with E-state index in [1.54, 1.807) is 20.1 Å². The Morgan fingerprint density at radius 2 is 1.83 bits per heavy atom. The summed E-state index contributed by atoms with van der Waals surface area (Å²) in [7, 11) is 1.61. The van der Waals surface area contributed by atoms with Gasteiger partial charge in [-0.15, -0.1) is 0 Å². The minimum Gasteiger partial charge on any atom is -0.496 e. The highest BCUT2D eigenvalue weighted by molar-refractivity contribution is 5.36. The molecular formula is C18H20F3NO. The summed E-state index contributed by atoms with van der Waals surface area (Å²) >= 11 is 0. The van der Waals surface area contributed by atoms with Crippen molar-refractivity contribution in [3.63, 3.8) is 0 Å². The SMILES string of the molecule is COc1ccc(CN[C@H](C)c2ccccc2C(F)(F)F)cc1C. The number of methoxy groups -OCH3 is 1. The van der Waals surface area contributed by atoms with Crippen LogP contribution in [0.4, 0.5) is 13.2 Å². The highest BCUT2D eigenvalue weighted by atomic mass is 19.4. The van der Waals surface area contributed by atoms with Crippen molar-refractivity contribution in [1.29, 1.82) is 0 Å². The van der Waals surface area contributed by atoms with Crippen molar-refractivity contribution in [2.24, 2.45) is 0 Å². The van der Waals surface area contributed by atoms with E-state index in [-0.39, 0.29) is 5.56 Å². The summed E-state index contributed by atoms with van der Waals surface area (Å²) in [6.45, 7) is 4.16. The number of aryl methyl sites for hydroxylation is 1. The second-order valence-electron chi connectivity index (χ2n) is 5.49. The number of hydrogen-bond donors (Lipinski definition) is 1. The first-order chi connectivity index (χ1) is 10.8. The molecule has 2 aromatic carbocycles. The zero-order chi connectivity index (χ0) is 17.0. The summed E-state index contributed by atoms with van der Waals surface area (Å²) in [5.41, 5.74) is 1.66. The van der Waals surface area contributed by atoms with Crippen LogP contribution >= 0.6 is 0 Å². The second kappa shape index (κ2) is 7.04. The van der Waals surface area contributed by atoms with Gasteiger partial charge >= 0.3 is 6.18 Å². The molecule has 0 amide bonds. The molecule has 2 rings (SSSR count). The van der Waals surface area contributed by atoms with Gasteiger partial charge in [0, 0.05) is 12.6 Å². The van der Waals surface area contributed by atoms with Crippen molar-refractivity contribution >= 4 is 0 Å². The van der Waals surface area contributed by atoms with Crippen LogP contribution in [-0.2, 0) is 12.7 Å². The van der Waals surface area contributed by atoms with E-state index in [0.717, 1.165) is 22.9 Å². The van der Waals surface area contributed by atoms with E-state index in [1.165, 1.54) is 12.1 Å². The zero-order valence-electron chi connectivity index (χ0n) is 13.4. The molecule has 0 unspecified atom stereocenters. The molecule has 0 aliphatic heterocycles. The lowest BCUT2D eigenvalue weighted by atomic mass is 10.0. The maximum Gasteiger partial charge on any atom is 0.416 e. The van der Waals surface area contributed by atoms with Gasteiger partial charge in [0.2, 0.25) is 0 Å². The van der Waals surface area contributed by atoms with Crippen LogP contribution < -0.4 is 10.1 Å². The van der Waals surface area contributed by atoms with Gasteiger partial charge < -0.3 is 10.1 Å². The Labute approximate surface area is 134 Å². The molecule has 23 heavy (non-hydrogen) atoms. The van der Waals surface area contributed by atoms with E-state index in [0.29, 0.717) is 6.54 Å². The standard InChI is InChI=1S/C18H20F3NO/c1-12-10-14(8-9-17(12)23-3)11-22-13(2)15-6-4-5-7-16(15)18(19,20)21/h4-10,13,22H,11H2,1-3H3/t13-/m1/s1. The lowest BCUT2D eigenvalue weighted by Crippen LogP contribution is -2.21. The summed E-state index contributed by atoms with van der Waals surface area (Å²) < 4.78 is 44.4. The average Bonchev–Trinajstić information content (AvgIpc) is 2.52. The van der Waals surface area contributed by atoms with Gasteiger partial charge in [-0.1, -0.05) is 30.3 Å². The molecule has 0 heterocycles. The van der Waals surface area contributed by atoms with Crippen molar-refractivity contribution in [2.75, 3.05) is 7.11 Å². The van der Waals surface area contributed by atoms with Crippen LogP contribution in [0.3, 0.4) is 0 Å². The number of rotatable bonds is 5. The molecule has 0 saturated heterocycles. The van der Waals surface area contributed by atoms with Gasteiger partial charge in [-0.25, -0.2) is 0 Å². The summed E-state index contributed by atoms with van der Waals surface area (Å²) in [5, 5.41) is 3.15. The van der Waals surface area contributed by atoms with Gasteiger partial charge in [-0.2, -0.15) is 13.2 Å². The molecule has 0 spiro atoms. The second-order valence-corrected chi connectivity index (χ2v) is 5.49. The number of halogens is 3. The fourth-order valence-electron chi connectivity index (χ4n) is 2.56. The van der Waals surface area contributed by atoms with Crippen LogP contribution in [-0.4, -0.2) is 7.11 Å². The molecule has 124 valence electrons. The Bertz CT molecular complexity index is 668. The van der Waals surface area contributed by atoms with E-state index < -0.39 is 17.8 Å². The highest BCUT2D eigenvalue weighted by Gasteiger charge is 2.33. The average molecular weight is 323 g/mol. The summed E-state index contributed by atoms with van der Waals surface area (Å²) in [5.74, 6) is 0.796. The predicted molar refractivity (Wildman–Crippen MR) is 84.4 cm³/mol. The minimum atomic E-state index is -4.34. The third-order valence-corrected chi connectivity index (χ3v) is 3.80. The quantitative estimate of drug-likeness (QED) is 0.847. The maximum atomic E-state index is 13.1. The molecule has 5 heteroatoms. The number of ether oxygens (including phenoxy) is 1. The van der Waals surface area contributed by atoms with Crippen LogP contribution in [0.25, 0.3) is 0 Å². The maximum absolute atomic E-state index is 13.1. The Kier molecular flexibility index (Phi) is 5.31. The smallest absolute Gasteiger partial charge is 0.416 e. The molecule has 0 bridgehead atoms. The van der Waals surface area contributed by atoms with Gasteiger partial charge in [0.05, 0.1) is 12.7 Å². The predicted octanol–water partition coefficient (Wildman–Crippen LogP) is 4.87. The summed E-state index contributed by atoms with van der Waals surface area (Å²) in [6.07, 6.45) is -4.34. The van der Waals surface area contributed by atoms with Crippen molar-refractivity contribution < 1.29 is 17.9 Å². The lowest BCUT2D eigenvalue weighted by Gasteiger charge is -2.20. The van der Waals surface area contributed by atoms with Crippen LogP contribution in [0.1, 0.15) is 35.2 Å². The third-order valence-electron chi connectivity index (χ3n) is 3.80. The first-order valence-corrected chi connectivity index (χ1v) is 7.36. The van der Waals surface area contributed by atoms with Crippen LogP contribution in [0.2, 0.25) is 0 Å². The molecular weight excluding hydrogens is 303 g/mol. The van der Waals surface area contributed by atoms with Gasteiger partial charge in [0.15, 0.2) is 0 Å². The highest BCUT2D eigenvalue weighted by Crippen LogP contribution is 2.34. The van der Waals surface area contributed by atoms with Crippen molar-refractivity contribution in [2.45, 2.75) is 32.6 Å². The Hall–Kier alpha value is -2.01. The fraction of sp³-hybridized carbons (Fsp3) is 0.333. The molecule has 1 N–H and O–H groups in total. The Morgan fingerprint density at radius 1 is 1.13 bits per heavy atom. The number of alkyl halides is 3. The van der Waals surface area contributed by atoms with E-state index >= 15 is 0 Å². The summed E-state index contributed by atoms with van der Waals surface area (Å²) in [4.78, 5) is 0. The van der Waals surface area contributed by atoms with Crippen LogP contribution in [0.5, 0.6) is 5.75 Å². The molecule has 1 atom stereocenters. The first kappa shape index (κ1) is 17.3. The van der Waals surface area contributed by atoms with Gasteiger partial charge in [-0.05, 0) is 42.7 Å². The topological polar surface area (TPSA) is 21.3 Å². The number of benzene rings is 2. The third kappa shape index (κ3) is 4.26. The van der Waals surface area contributed by atoms with Gasteiger partial charge in [0.25, 0.3) is 0 Å². The molecule has 0 fully saturated rings. The van der Waals surface area contributed by atoms with E-state index in [2.05, 4.69) is 5.32 Å². The van der Waals surface area contributed by atoms with E-state index in [4.69, 9.17) is 4.74 Å². The molecule has 0 aliphatic rings. The van der Waals surface area contributed by atoms with E-state index in [1.807, 2.05) is 25.1 Å². The van der Waals surface area contributed by atoms with Crippen molar-refractivity contribution in [3.8, 4) is 5.75 Å². The molecule has 2 aromatic rings. The summed E-state index contributed by atoms with van der Waals surface area (Å²) in [6, 6.07) is 11.0. The Balaban J connectivity index is 2.11. The molecule has 0 saturated carbocycles. The Morgan fingerprint density at radius 3 is 2.43 bits per heavy atom. The van der Waals surface area contributed by atoms with Crippen LogP contribution in [0, 0.1) is 6.92 Å². The van der Waals surface area contributed by atoms with Crippen LogP contribution in [0.15, 0.2) is 42.5 Å². The lowest BCUT2D eigenvalue weighted by molar-refractivity contribution is -0.138. The minimum absolute atomic E-state index is 0.255. The van der Waals surface area contributed by atoms with Gasteiger partial charge in [-0.3, -0.25) is 0 Å². The van der Waals surface area contributed by atoms with Crippen molar-refractivity contribution in [1.82, 2.24) is 5.32 Å². The monoisotopic (exact) mass is 323 g/mol.